The van der Waals surface area contributed by atoms with Gasteiger partial charge in [0.25, 0.3) is 0 Å². The Morgan fingerprint density at radius 1 is 0.818 bits per heavy atom. The normalized spacial score (nSPS) is 6.18. The Morgan fingerprint density at radius 2 is 1.00 bits per heavy atom. The summed E-state index contributed by atoms with van der Waals surface area (Å²) in [5.74, 6) is -2.15. The van der Waals surface area contributed by atoms with Crippen molar-refractivity contribution < 1.29 is 19.8 Å². The molecule has 0 radical (unpaired) electrons. The van der Waals surface area contributed by atoms with Crippen LogP contribution in [0.25, 0.3) is 0 Å². The highest BCUT2D eigenvalue weighted by Crippen LogP contribution is 1.85. The first-order valence-corrected chi connectivity index (χ1v) is 2.06. The van der Waals surface area contributed by atoms with Crippen LogP contribution in [0.15, 0.2) is 0 Å². The van der Waals surface area contributed by atoms with Gasteiger partial charge in [0.15, 0.2) is 0 Å². The van der Waals surface area contributed by atoms with Gasteiger partial charge in [-0.25, -0.2) is 0 Å². The summed E-state index contributed by atoms with van der Waals surface area (Å²) in [6.45, 7) is 0. The van der Waals surface area contributed by atoms with E-state index >= 15 is 0 Å². The van der Waals surface area contributed by atoms with Gasteiger partial charge in [-0.15, -0.1) is 0 Å². The van der Waals surface area contributed by atoms with E-state index in [0.29, 0.717) is 0 Å². The van der Waals surface area contributed by atoms with E-state index in [9.17, 15) is 9.59 Å². The Balaban J connectivity index is -0.0000000817. The molecule has 0 fully saturated rings. The van der Waals surface area contributed by atoms with Crippen LogP contribution in [0.4, 0.5) is 0 Å². The van der Waals surface area contributed by atoms with Gasteiger partial charge in [0.05, 0.1) is 12.8 Å². The number of hydrogen-bond donors (Lipinski definition) is 5. The third kappa shape index (κ3) is 28.1. The van der Waals surface area contributed by atoms with Crippen molar-refractivity contribution in [2.24, 2.45) is 0 Å². The smallest absolute Gasteiger partial charge is 0.303 e. The van der Waals surface area contributed by atoms with Gasteiger partial charge in [-0.3, -0.25) is 9.59 Å². The van der Waals surface area contributed by atoms with Gasteiger partial charge in [-0.2, -0.15) is 0 Å². The number of carboxylic acids is 2. The van der Waals surface area contributed by atoms with E-state index < -0.39 is 11.9 Å². The molecule has 7 nitrogen and oxygen atoms in total. The van der Waals surface area contributed by atoms with Crippen LogP contribution in [0.3, 0.4) is 0 Å². The Labute approximate surface area is 64.2 Å². The zero-order valence-electron chi connectivity index (χ0n) is 6.25. The predicted molar refractivity (Wildman–Crippen MR) is 39.6 cm³/mol. The van der Waals surface area contributed by atoms with Gasteiger partial charge in [0.1, 0.15) is 0 Å². The van der Waals surface area contributed by atoms with E-state index in [1.54, 1.807) is 0 Å². The van der Waals surface area contributed by atoms with Crippen LogP contribution in [0, 0.1) is 0 Å². The molecule has 0 amide bonds. The third-order valence-electron chi connectivity index (χ3n) is 0.553. The van der Waals surface area contributed by atoms with Gasteiger partial charge in [0, 0.05) is 0 Å². The van der Waals surface area contributed by atoms with Gasteiger partial charge in [-0.1, -0.05) is 0 Å². The number of rotatable bonds is 3. The number of hydrogen-bond acceptors (Lipinski definition) is 5. The minimum Gasteiger partial charge on any atom is -0.481 e. The van der Waals surface area contributed by atoms with Crippen LogP contribution in [0.1, 0.15) is 12.8 Å². The van der Waals surface area contributed by atoms with E-state index in [-0.39, 0.29) is 31.3 Å². The predicted octanol–water partition coefficient (Wildman–Crippen LogP) is 0.422. The summed E-state index contributed by atoms with van der Waals surface area (Å²) in [4.78, 5) is 19.3. The minimum absolute atomic E-state index is 0. The molecule has 11 N–H and O–H groups in total. The van der Waals surface area contributed by atoms with Gasteiger partial charge >= 0.3 is 11.9 Å². The van der Waals surface area contributed by atoms with Crippen molar-refractivity contribution in [3.05, 3.63) is 0 Å². The zero-order valence-corrected chi connectivity index (χ0v) is 6.25. The van der Waals surface area contributed by atoms with Crippen LogP contribution in [-0.2, 0) is 9.59 Å². The molecule has 11 heavy (non-hydrogen) atoms. The number of aliphatic carboxylic acids is 2. The van der Waals surface area contributed by atoms with Crippen molar-refractivity contribution in [3.63, 3.8) is 0 Å². The lowest BCUT2D eigenvalue weighted by atomic mass is 10.3. The van der Waals surface area contributed by atoms with Crippen molar-refractivity contribution in [1.82, 2.24) is 18.5 Å². The second-order valence-electron chi connectivity index (χ2n) is 1.29. The maximum atomic E-state index is 9.64. The summed E-state index contributed by atoms with van der Waals surface area (Å²) in [7, 11) is 0. The van der Waals surface area contributed by atoms with E-state index in [1.807, 2.05) is 0 Å². The van der Waals surface area contributed by atoms with Crippen LogP contribution >= 0.6 is 0 Å². The third-order valence-corrected chi connectivity index (χ3v) is 0.553. The Bertz CT molecular complexity index is 102. The molecule has 7 heteroatoms. The largest absolute Gasteiger partial charge is 0.481 e. The number of carboxylic acid groups (broad SMARTS) is 2. The highest BCUT2D eigenvalue weighted by atomic mass is 16.4. The lowest BCUT2D eigenvalue weighted by Gasteiger charge is -1.85. The van der Waals surface area contributed by atoms with E-state index in [1.165, 1.54) is 0 Å². The van der Waals surface area contributed by atoms with Gasteiger partial charge in [-0.05, 0) is 0 Å². The van der Waals surface area contributed by atoms with E-state index in [2.05, 4.69) is 0 Å². The molecule has 0 aromatic carbocycles. The van der Waals surface area contributed by atoms with Crippen LogP contribution in [0.2, 0.25) is 0 Å². The van der Waals surface area contributed by atoms with Crippen molar-refractivity contribution >= 4 is 11.9 Å². The molecule has 0 aromatic rings. The monoisotopic (exact) mass is 169 g/mol. The molecule has 0 aromatic heterocycles. The molecule has 0 aliphatic heterocycles. The van der Waals surface area contributed by atoms with Crippen LogP contribution in [0.5, 0.6) is 0 Å². The van der Waals surface area contributed by atoms with E-state index in [4.69, 9.17) is 10.2 Å². The lowest BCUT2D eigenvalue weighted by Crippen LogP contribution is -2.00. The summed E-state index contributed by atoms with van der Waals surface area (Å²) in [6.07, 6.45) is -0.593. The summed E-state index contributed by atoms with van der Waals surface area (Å²) in [5.41, 5.74) is 0. The maximum Gasteiger partial charge on any atom is 0.303 e. The molecule has 0 aliphatic carbocycles. The Morgan fingerprint density at radius 3 is 1.09 bits per heavy atom. The Kier molecular flexibility index (Phi) is 23.8. The molecule has 0 saturated heterocycles. The summed E-state index contributed by atoms with van der Waals surface area (Å²) >= 11 is 0. The van der Waals surface area contributed by atoms with Crippen molar-refractivity contribution in [1.29, 1.82) is 0 Å². The van der Waals surface area contributed by atoms with Crippen LogP contribution < -0.4 is 18.5 Å². The highest BCUT2D eigenvalue weighted by molar-refractivity contribution is 5.75. The fourth-order valence-electron chi connectivity index (χ4n) is 0.214. The molecule has 70 valence electrons. The molecular formula is C4H15N3O4. The average molecular weight is 169 g/mol. The van der Waals surface area contributed by atoms with Gasteiger partial charge < -0.3 is 28.7 Å². The first-order chi connectivity index (χ1) is 3.63. The first kappa shape index (κ1) is 22.6. The number of carbonyl (C=O) groups is 2. The fourth-order valence-corrected chi connectivity index (χ4v) is 0.214. The standard InChI is InChI=1S/C4H6O4.3H3N/c5-3(6)1-2-4(7)8;;;/h1-2H2,(H,5,6)(H,7,8);3*1H3. The van der Waals surface area contributed by atoms with Crippen molar-refractivity contribution in [2.45, 2.75) is 12.8 Å². The summed E-state index contributed by atoms with van der Waals surface area (Å²) < 4.78 is 0. The topological polar surface area (TPSA) is 180 Å². The zero-order chi connectivity index (χ0) is 6.57. The second kappa shape index (κ2) is 11.6. The summed E-state index contributed by atoms with van der Waals surface area (Å²) in [5, 5.41) is 15.8. The fraction of sp³-hybridized carbons (Fsp3) is 0.500. The molecule has 0 unspecified atom stereocenters. The minimum atomic E-state index is -1.08. The maximum absolute atomic E-state index is 9.64. The lowest BCUT2D eigenvalue weighted by molar-refractivity contribution is -0.143. The molecule has 0 rings (SSSR count). The SMILES string of the molecule is N.N.N.O=C(O)CCC(=O)O. The van der Waals surface area contributed by atoms with Gasteiger partial charge in [0.2, 0.25) is 0 Å². The van der Waals surface area contributed by atoms with E-state index in [0.717, 1.165) is 0 Å². The summed E-state index contributed by atoms with van der Waals surface area (Å²) in [6, 6.07) is 0. The first-order valence-electron chi connectivity index (χ1n) is 2.06. The molecule has 0 bridgehead atoms. The molecular weight excluding hydrogens is 154 g/mol. The molecule has 0 spiro atoms. The highest BCUT2D eigenvalue weighted by Gasteiger charge is 2.00. The van der Waals surface area contributed by atoms with Crippen molar-refractivity contribution in [3.8, 4) is 0 Å². The molecule has 0 heterocycles. The quantitative estimate of drug-likeness (QED) is 0.405. The molecule has 0 saturated carbocycles. The second-order valence-corrected chi connectivity index (χ2v) is 1.29. The van der Waals surface area contributed by atoms with Crippen molar-refractivity contribution in [2.75, 3.05) is 0 Å². The molecule has 0 aliphatic rings. The average Bonchev–Trinajstić information content (AvgIpc) is 1.61. The Hall–Kier alpha value is -1.18. The van der Waals surface area contributed by atoms with Crippen LogP contribution in [-0.4, -0.2) is 22.2 Å². The molecule has 0 atom stereocenters.